The number of fused-ring (bicyclic) bond motifs is 10. The standard InChI is InChI=1S/C45H26N4OS/c1-2-10-28(11-3-1)43-46-44(48-45(47-43)49-35-15-7-4-12-31(35)32-13-5-8-16-36(32)49)29-20-18-27(19-21-29)30-22-23-37-34(26-30)41-38(50-37)24-25-40-42(41)33-14-6-9-17-39(33)51-40/h1-26H. The van der Waals surface area contributed by atoms with Crippen molar-refractivity contribution in [3.05, 3.63) is 158 Å². The van der Waals surface area contributed by atoms with Crippen LogP contribution in [0.3, 0.4) is 0 Å². The van der Waals surface area contributed by atoms with Gasteiger partial charge in [-0.3, -0.25) is 4.57 Å². The predicted octanol–water partition coefficient (Wildman–Crippen LogP) is 12.2. The van der Waals surface area contributed by atoms with Crippen molar-refractivity contribution in [3.63, 3.8) is 0 Å². The first-order valence-corrected chi connectivity index (χ1v) is 17.8. The molecular formula is C45H26N4OS. The fourth-order valence-corrected chi connectivity index (χ4v) is 8.64. The summed E-state index contributed by atoms with van der Waals surface area (Å²) < 4.78 is 11.1. The second-order valence-corrected chi connectivity index (χ2v) is 13.9. The summed E-state index contributed by atoms with van der Waals surface area (Å²) in [6.07, 6.45) is 0. The average molecular weight is 671 g/mol. The van der Waals surface area contributed by atoms with Gasteiger partial charge >= 0.3 is 0 Å². The van der Waals surface area contributed by atoms with Crippen molar-refractivity contribution in [1.29, 1.82) is 0 Å². The van der Waals surface area contributed by atoms with E-state index in [4.69, 9.17) is 19.4 Å². The van der Waals surface area contributed by atoms with Crippen molar-refractivity contribution in [2.75, 3.05) is 0 Å². The Morgan fingerprint density at radius 1 is 0.412 bits per heavy atom. The van der Waals surface area contributed by atoms with Crippen LogP contribution in [0.25, 0.3) is 104 Å². The molecule has 0 aliphatic rings. The molecule has 4 aromatic heterocycles. The molecule has 4 heterocycles. The van der Waals surface area contributed by atoms with E-state index in [9.17, 15) is 0 Å². The molecule has 0 radical (unpaired) electrons. The third-order valence-electron chi connectivity index (χ3n) is 9.89. The number of nitrogens with zero attached hydrogens (tertiary/aromatic N) is 4. The molecule has 0 amide bonds. The average Bonchev–Trinajstić information content (AvgIpc) is 3.87. The van der Waals surface area contributed by atoms with E-state index < -0.39 is 0 Å². The first-order valence-electron chi connectivity index (χ1n) is 16.9. The van der Waals surface area contributed by atoms with Gasteiger partial charge < -0.3 is 4.42 Å². The molecule has 0 aliphatic heterocycles. The van der Waals surface area contributed by atoms with Gasteiger partial charge in [0.15, 0.2) is 11.6 Å². The summed E-state index contributed by atoms with van der Waals surface area (Å²) >= 11 is 1.83. The molecule has 11 rings (SSSR count). The Hall–Kier alpha value is -6.63. The molecule has 11 aromatic rings. The molecule has 6 heteroatoms. The number of thiophene rings is 1. The Morgan fingerprint density at radius 3 is 1.75 bits per heavy atom. The van der Waals surface area contributed by atoms with Gasteiger partial charge in [0, 0.05) is 52.8 Å². The van der Waals surface area contributed by atoms with Crippen molar-refractivity contribution in [2.45, 2.75) is 0 Å². The molecule has 0 atom stereocenters. The molecule has 5 nitrogen and oxygen atoms in total. The van der Waals surface area contributed by atoms with Gasteiger partial charge in [0.1, 0.15) is 11.2 Å². The first kappa shape index (κ1) is 28.2. The minimum absolute atomic E-state index is 0.588. The van der Waals surface area contributed by atoms with Crippen molar-refractivity contribution < 1.29 is 4.42 Å². The number of benzene rings is 7. The normalized spacial score (nSPS) is 11.9. The molecule has 0 saturated carbocycles. The third kappa shape index (κ3) is 4.37. The van der Waals surface area contributed by atoms with E-state index in [0.29, 0.717) is 17.6 Å². The fraction of sp³-hybridized carbons (Fsp3) is 0. The largest absolute Gasteiger partial charge is 0.456 e. The zero-order chi connectivity index (χ0) is 33.5. The lowest BCUT2D eigenvalue weighted by Gasteiger charge is -2.11. The smallest absolute Gasteiger partial charge is 0.238 e. The van der Waals surface area contributed by atoms with Gasteiger partial charge in [-0.05, 0) is 53.6 Å². The maximum Gasteiger partial charge on any atom is 0.238 e. The van der Waals surface area contributed by atoms with Crippen LogP contribution in [-0.4, -0.2) is 19.5 Å². The molecular weight excluding hydrogens is 645 g/mol. The summed E-state index contributed by atoms with van der Waals surface area (Å²) in [4.78, 5) is 15.2. The van der Waals surface area contributed by atoms with Crippen molar-refractivity contribution in [2.24, 2.45) is 0 Å². The maximum absolute atomic E-state index is 6.37. The Labute approximate surface area is 295 Å². The van der Waals surface area contributed by atoms with Crippen molar-refractivity contribution in [3.8, 4) is 39.9 Å². The summed E-state index contributed by atoms with van der Waals surface area (Å²) in [5.41, 5.74) is 8.01. The highest BCUT2D eigenvalue weighted by Crippen LogP contribution is 2.43. The second kappa shape index (κ2) is 10.9. The van der Waals surface area contributed by atoms with Crippen LogP contribution in [0.1, 0.15) is 0 Å². The van der Waals surface area contributed by atoms with Gasteiger partial charge in [-0.25, -0.2) is 4.98 Å². The van der Waals surface area contributed by atoms with Gasteiger partial charge in [0.25, 0.3) is 0 Å². The highest BCUT2D eigenvalue weighted by Gasteiger charge is 2.19. The lowest BCUT2D eigenvalue weighted by molar-refractivity contribution is 0.669. The third-order valence-corrected chi connectivity index (χ3v) is 11.0. The van der Waals surface area contributed by atoms with Gasteiger partial charge in [-0.15, -0.1) is 11.3 Å². The van der Waals surface area contributed by atoms with Crippen LogP contribution in [0.2, 0.25) is 0 Å². The minimum Gasteiger partial charge on any atom is -0.456 e. The fourth-order valence-electron chi connectivity index (χ4n) is 7.52. The van der Waals surface area contributed by atoms with E-state index >= 15 is 0 Å². The van der Waals surface area contributed by atoms with E-state index in [1.807, 2.05) is 41.7 Å². The van der Waals surface area contributed by atoms with Crippen LogP contribution >= 0.6 is 11.3 Å². The molecule has 0 N–H and O–H groups in total. The zero-order valence-corrected chi connectivity index (χ0v) is 27.9. The molecule has 0 bridgehead atoms. The number of aromatic nitrogens is 4. The van der Waals surface area contributed by atoms with E-state index in [2.05, 4.69) is 132 Å². The summed E-state index contributed by atoms with van der Waals surface area (Å²) in [5, 5.41) is 7.17. The van der Waals surface area contributed by atoms with Crippen molar-refractivity contribution >= 4 is 75.3 Å². The molecule has 0 spiro atoms. The first-order chi connectivity index (χ1) is 25.3. The SMILES string of the molecule is c1ccc(-c2nc(-c3ccc(-c4ccc5oc6ccc7sc8ccccc8c7c6c5c4)cc3)nc(-n3c4ccccc4c4ccccc43)n2)cc1. The second-order valence-electron chi connectivity index (χ2n) is 12.8. The lowest BCUT2D eigenvalue weighted by atomic mass is 10.00. The van der Waals surface area contributed by atoms with E-state index in [1.54, 1.807) is 0 Å². The Kier molecular flexibility index (Phi) is 6.05. The molecule has 0 fully saturated rings. The Morgan fingerprint density at radius 2 is 1.00 bits per heavy atom. The monoisotopic (exact) mass is 670 g/mol. The summed E-state index contributed by atoms with van der Waals surface area (Å²) in [5.74, 6) is 1.84. The highest BCUT2D eigenvalue weighted by atomic mass is 32.1. The molecule has 238 valence electrons. The molecule has 0 unspecified atom stereocenters. The molecule has 7 aromatic carbocycles. The van der Waals surface area contributed by atoms with Crippen LogP contribution in [-0.2, 0) is 0 Å². The summed E-state index contributed by atoms with van der Waals surface area (Å²) in [6, 6.07) is 54.9. The molecule has 51 heavy (non-hydrogen) atoms. The quantitative estimate of drug-likeness (QED) is 0.187. The van der Waals surface area contributed by atoms with Gasteiger partial charge in [-0.2, -0.15) is 9.97 Å². The van der Waals surface area contributed by atoms with Gasteiger partial charge in [0.05, 0.1) is 11.0 Å². The highest BCUT2D eigenvalue weighted by molar-refractivity contribution is 7.26. The Bertz CT molecular complexity index is 3080. The lowest BCUT2D eigenvalue weighted by Crippen LogP contribution is -2.06. The number of hydrogen-bond donors (Lipinski definition) is 0. The van der Waals surface area contributed by atoms with E-state index in [1.165, 1.54) is 25.6 Å². The van der Waals surface area contributed by atoms with Crippen LogP contribution in [0, 0.1) is 0 Å². The van der Waals surface area contributed by atoms with Crippen LogP contribution in [0.4, 0.5) is 0 Å². The van der Waals surface area contributed by atoms with Crippen LogP contribution in [0.15, 0.2) is 162 Å². The minimum atomic E-state index is 0.588. The number of hydrogen-bond acceptors (Lipinski definition) is 5. The Balaban J connectivity index is 1.06. The predicted molar refractivity (Wildman–Crippen MR) is 211 cm³/mol. The summed E-state index contributed by atoms with van der Waals surface area (Å²) in [7, 11) is 0. The van der Waals surface area contributed by atoms with Crippen molar-refractivity contribution in [1.82, 2.24) is 19.5 Å². The van der Waals surface area contributed by atoms with E-state index in [-0.39, 0.29) is 0 Å². The van der Waals surface area contributed by atoms with E-state index in [0.717, 1.165) is 60.6 Å². The van der Waals surface area contributed by atoms with Crippen LogP contribution < -0.4 is 0 Å². The van der Waals surface area contributed by atoms with Crippen LogP contribution in [0.5, 0.6) is 0 Å². The number of para-hydroxylation sites is 2. The van der Waals surface area contributed by atoms with Gasteiger partial charge in [0.2, 0.25) is 5.95 Å². The van der Waals surface area contributed by atoms with Gasteiger partial charge in [-0.1, -0.05) is 115 Å². The maximum atomic E-state index is 6.37. The molecule has 0 saturated heterocycles. The molecule has 0 aliphatic carbocycles. The zero-order valence-electron chi connectivity index (χ0n) is 27.1. The summed E-state index contributed by atoms with van der Waals surface area (Å²) in [6.45, 7) is 0. The topological polar surface area (TPSA) is 56.7 Å². The number of rotatable bonds is 4. The number of furan rings is 1.